The Labute approximate surface area is 102 Å². The molecule has 0 fully saturated rings. The van der Waals surface area contributed by atoms with Crippen LogP contribution in [0, 0.1) is 4.77 Å². The second-order valence-corrected chi connectivity index (χ2v) is 4.33. The van der Waals surface area contributed by atoms with E-state index in [0.717, 1.165) is 11.0 Å². The first kappa shape index (κ1) is 10.2. The molecule has 0 unspecified atom stereocenters. The van der Waals surface area contributed by atoms with Gasteiger partial charge in [-0.3, -0.25) is 9.20 Å². The van der Waals surface area contributed by atoms with Gasteiger partial charge < -0.3 is 4.57 Å². The van der Waals surface area contributed by atoms with Crippen LogP contribution in [0.5, 0.6) is 0 Å². The molecule has 0 aliphatic heterocycles. The van der Waals surface area contributed by atoms with Gasteiger partial charge in [-0.05, 0) is 31.3 Å². The van der Waals surface area contributed by atoms with Gasteiger partial charge in [0.2, 0.25) is 10.5 Å². The van der Waals surface area contributed by atoms with Crippen molar-refractivity contribution >= 4 is 34.8 Å². The minimum Gasteiger partial charge on any atom is -0.301 e. The summed E-state index contributed by atoms with van der Waals surface area (Å²) in [6.07, 6.45) is 0. The number of H-pyrrole nitrogens is 1. The van der Waals surface area contributed by atoms with Gasteiger partial charge in [0, 0.05) is 0 Å². The summed E-state index contributed by atoms with van der Waals surface area (Å²) < 4.78 is 4.25. The lowest BCUT2D eigenvalue weighted by Crippen LogP contribution is -2.06. The number of Topliss-reactive ketones (excluding diaryl/α,β-unsaturated/α-hetero) is 1. The summed E-state index contributed by atoms with van der Waals surface area (Å²) in [6.45, 7) is 1.86. The first-order valence-electron chi connectivity index (χ1n) is 5.22. The van der Waals surface area contributed by atoms with Crippen molar-refractivity contribution in [3.8, 4) is 0 Å². The number of nitrogens with one attached hydrogen (secondary N) is 1. The maximum absolute atomic E-state index is 11.3. The van der Waals surface area contributed by atoms with Crippen LogP contribution in [-0.2, 0) is 11.3 Å². The van der Waals surface area contributed by atoms with Crippen molar-refractivity contribution in [2.45, 2.75) is 13.5 Å². The molecule has 3 aromatic rings. The van der Waals surface area contributed by atoms with Crippen LogP contribution in [0.2, 0.25) is 0 Å². The fourth-order valence-corrected chi connectivity index (χ4v) is 2.28. The molecule has 0 saturated carbocycles. The number of fused-ring (bicyclic) bond motifs is 3. The van der Waals surface area contributed by atoms with E-state index in [2.05, 4.69) is 10.2 Å². The van der Waals surface area contributed by atoms with Gasteiger partial charge in [-0.15, -0.1) is 5.10 Å². The highest BCUT2D eigenvalue weighted by atomic mass is 32.1. The zero-order valence-electron chi connectivity index (χ0n) is 9.17. The highest BCUT2D eigenvalue weighted by molar-refractivity contribution is 7.71. The molecule has 1 N–H and O–H groups in total. The topological polar surface area (TPSA) is 55.1 Å². The Morgan fingerprint density at radius 1 is 1.41 bits per heavy atom. The van der Waals surface area contributed by atoms with Crippen LogP contribution in [0.4, 0.5) is 0 Å². The van der Waals surface area contributed by atoms with Crippen LogP contribution < -0.4 is 0 Å². The van der Waals surface area contributed by atoms with Gasteiger partial charge in [-0.25, -0.2) is 5.10 Å². The number of aromatic amines is 1. The zero-order valence-corrected chi connectivity index (χ0v) is 9.99. The molecule has 0 aliphatic rings. The van der Waals surface area contributed by atoms with E-state index in [9.17, 15) is 4.79 Å². The van der Waals surface area contributed by atoms with Crippen LogP contribution in [0.25, 0.3) is 16.8 Å². The third-order valence-electron chi connectivity index (χ3n) is 2.69. The van der Waals surface area contributed by atoms with Crippen molar-refractivity contribution in [3.63, 3.8) is 0 Å². The molecule has 0 spiro atoms. The summed E-state index contributed by atoms with van der Waals surface area (Å²) in [5.41, 5.74) is 1.92. The quantitative estimate of drug-likeness (QED) is 0.703. The molecule has 0 radical (unpaired) electrons. The van der Waals surface area contributed by atoms with Crippen LogP contribution >= 0.6 is 12.2 Å². The normalized spacial score (nSPS) is 11.4. The van der Waals surface area contributed by atoms with Gasteiger partial charge in [-0.2, -0.15) is 0 Å². The van der Waals surface area contributed by atoms with E-state index in [0.29, 0.717) is 17.1 Å². The number of carbonyl (C=O) groups is 1. The number of nitrogens with zero attached hydrogens (tertiary/aromatic N) is 3. The van der Waals surface area contributed by atoms with Gasteiger partial charge >= 0.3 is 0 Å². The fraction of sp³-hybridized carbons (Fsp3) is 0.182. The average Bonchev–Trinajstić information content (AvgIpc) is 2.80. The Kier molecular flexibility index (Phi) is 2.12. The Bertz CT molecular complexity index is 780. The molecule has 0 saturated heterocycles. The summed E-state index contributed by atoms with van der Waals surface area (Å²) in [6, 6.07) is 7.80. The largest absolute Gasteiger partial charge is 0.301 e. The van der Waals surface area contributed by atoms with Crippen molar-refractivity contribution in [3.05, 3.63) is 29.0 Å². The molecule has 2 aromatic heterocycles. The summed E-state index contributed by atoms with van der Waals surface area (Å²) in [5.74, 6) is 0.758. The predicted octanol–water partition coefficient (Wildman–Crippen LogP) is 1.94. The Morgan fingerprint density at radius 3 is 2.82 bits per heavy atom. The number of ketones is 1. The van der Waals surface area contributed by atoms with Gasteiger partial charge in [0.25, 0.3) is 0 Å². The van der Waals surface area contributed by atoms with E-state index in [-0.39, 0.29) is 5.78 Å². The van der Waals surface area contributed by atoms with E-state index < -0.39 is 0 Å². The zero-order chi connectivity index (χ0) is 12.0. The van der Waals surface area contributed by atoms with E-state index >= 15 is 0 Å². The third kappa shape index (κ3) is 1.41. The number of carbonyl (C=O) groups excluding carboxylic acids is 1. The van der Waals surface area contributed by atoms with E-state index in [4.69, 9.17) is 12.2 Å². The smallest absolute Gasteiger partial charge is 0.235 e. The maximum Gasteiger partial charge on any atom is 0.235 e. The minimum atomic E-state index is 0.0853. The lowest BCUT2D eigenvalue weighted by atomic mass is 10.3. The number of para-hydroxylation sites is 2. The molecule has 0 amide bonds. The van der Waals surface area contributed by atoms with Crippen molar-refractivity contribution in [1.82, 2.24) is 19.2 Å². The molecular weight excluding hydrogens is 236 g/mol. The van der Waals surface area contributed by atoms with E-state index in [1.165, 1.54) is 0 Å². The van der Waals surface area contributed by atoms with E-state index in [1.807, 2.05) is 33.2 Å². The Morgan fingerprint density at radius 2 is 2.12 bits per heavy atom. The van der Waals surface area contributed by atoms with Crippen LogP contribution in [0.3, 0.4) is 0 Å². The summed E-state index contributed by atoms with van der Waals surface area (Å²) in [7, 11) is 0. The number of aromatic nitrogens is 4. The first-order valence-corrected chi connectivity index (χ1v) is 5.63. The molecule has 6 heteroatoms. The van der Waals surface area contributed by atoms with Crippen LogP contribution in [0.15, 0.2) is 24.3 Å². The van der Waals surface area contributed by atoms with Crippen molar-refractivity contribution < 1.29 is 4.79 Å². The van der Waals surface area contributed by atoms with Crippen molar-refractivity contribution in [1.29, 1.82) is 0 Å². The van der Waals surface area contributed by atoms with Gasteiger partial charge in [0.1, 0.15) is 5.78 Å². The molecule has 2 heterocycles. The fourth-order valence-electron chi connectivity index (χ4n) is 2.05. The highest BCUT2D eigenvalue weighted by Crippen LogP contribution is 2.19. The summed E-state index contributed by atoms with van der Waals surface area (Å²) >= 11 is 5.19. The van der Waals surface area contributed by atoms with Gasteiger partial charge in [0.05, 0.1) is 17.6 Å². The highest BCUT2D eigenvalue weighted by Gasteiger charge is 2.13. The monoisotopic (exact) mass is 246 g/mol. The molecular formula is C11H10N4OS. The first-order chi connectivity index (χ1) is 8.18. The predicted molar refractivity (Wildman–Crippen MR) is 66.6 cm³/mol. The molecule has 5 nitrogen and oxygen atoms in total. The molecule has 3 rings (SSSR count). The Hall–Kier alpha value is -1.95. The third-order valence-corrected chi connectivity index (χ3v) is 2.96. The second-order valence-electron chi connectivity index (χ2n) is 3.94. The van der Waals surface area contributed by atoms with Gasteiger partial charge in [-0.1, -0.05) is 12.1 Å². The molecule has 1 aromatic carbocycles. The average molecular weight is 246 g/mol. The van der Waals surface area contributed by atoms with Crippen molar-refractivity contribution in [2.75, 3.05) is 0 Å². The van der Waals surface area contributed by atoms with Crippen LogP contribution in [0.1, 0.15) is 6.92 Å². The minimum absolute atomic E-state index is 0.0853. The standard InChI is InChI=1S/C11H10N4OS/c1-7(16)6-14-8-4-2-3-5-9(8)15-10(14)12-13-11(15)17/h2-5H,6H2,1H3,(H,13,17). The SMILES string of the molecule is CC(=O)Cn1c2ccccc2n2c(=S)[nH]nc12. The number of rotatable bonds is 2. The summed E-state index contributed by atoms with van der Waals surface area (Å²) in [4.78, 5) is 11.3. The lowest BCUT2D eigenvalue weighted by Gasteiger charge is -2.00. The van der Waals surface area contributed by atoms with Gasteiger partial charge in [0.15, 0.2) is 0 Å². The molecule has 86 valence electrons. The second kappa shape index (κ2) is 3.53. The Balaban J connectivity index is 2.50. The number of hydrogen-bond acceptors (Lipinski definition) is 3. The van der Waals surface area contributed by atoms with Crippen molar-refractivity contribution in [2.24, 2.45) is 0 Å². The maximum atomic E-state index is 11.3. The lowest BCUT2D eigenvalue weighted by molar-refractivity contribution is -0.117. The molecule has 0 aliphatic carbocycles. The van der Waals surface area contributed by atoms with E-state index in [1.54, 1.807) is 6.92 Å². The molecule has 0 atom stereocenters. The number of imidazole rings is 1. The summed E-state index contributed by atoms with van der Waals surface area (Å²) in [5, 5.41) is 6.91. The molecule has 0 bridgehead atoms. The molecule has 17 heavy (non-hydrogen) atoms. The number of benzene rings is 1. The van der Waals surface area contributed by atoms with Crippen LogP contribution in [-0.4, -0.2) is 24.9 Å². The number of hydrogen-bond donors (Lipinski definition) is 1.